The average molecular weight is 506 g/mol. The fraction of sp³-hybridized carbons (Fsp3) is 0.0769. The third-order valence-electron chi connectivity index (χ3n) is 5.04. The molecule has 3 aromatic carbocycles. The maximum atomic E-state index is 14.3. The lowest BCUT2D eigenvalue weighted by molar-refractivity contribution is -0.114. The minimum absolute atomic E-state index is 0.111. The van der Waals surface area contributed by atoms with E-state index in [1.54, 1.807) is 48.7 Å². The van der Waals surface area contributed by atoms with E-state index in [1.807, 2.05) is 12.1 Å². The van der Waals surface area contributed by atoms with Gasteiger partial charge in [-0.1, -0.05) is 29.8 Å². The number of nitrogens with one attached hydrogen (secondary N) is 3. The lowest BCUT2D eigenvalue weighted by Crippen LogP contribution is -2.15. The van der Waals surface area contributed by atoms with E-state index in [9.17, 15) is 14.0 Å². The number of methoxy groups -OCH3 is 1. The van der Waals surface area contributed by atoms with Gasteiger partial charge in [0.1, 0.15) is 11.6 Å². The Morgan fingerprint density at radius 1 is 0.944 bits per heavy atom. The largest absolute Gasteiger partial charge is 0.495 e. The molecule has 10 heteroatoms. The molecule has 0 spiro atoms. The number of carbonyl (C=O) groups is 2. The third-order valence-corrected chi connectivity index (χ3v) is 5.41. The van der Waals surface area contributed by atoms with Crippen LogP contribution in [-0.4, -0.2) is 28.9 Å². The molecular formula is C26H21ClFN5O3. The van der Waals surface area contributed by atoms with Gasteiger partial charge in [0, 0.05) is 35.7 Å². The van der Waals surface area contributed by atoms with E-state index in [2.05, 4.69) is 25.9 Å². The average Bonchev–Trinajstić information content (AvgIpc) is 2.85. The van der Waals surface area contributed by atoms with Crippen molar-refractivity contribution in [2.75, 3.05) is 23.1 Å². The normalized spacial score (nSPS) is 10.4. The molecule has 1 aromatic heterocycles. The van der Waals surface area contributed by atoms with E-state index in [-0.39, 0.29) is 22.2 Å². The van der Waals surface area contributed by atoms with Gasteiger partial charge in [0.05, 0.1) is 23.4 Å². The molecule has 3 N–H and O–H groups in total. The Morgan fingerprint density at radius 3 is 2.42 bits per heavy atom. The molecule has 8 nitrogen and oxygen atoms in total. The summed E-state index contributed by atoms with van der Waals surface area (Å²) in [7, 11) is 1.38. The predicted octanol–water partition coefficient (Wildman–Crippen LogP) is 5.90. The molecule has 0 fully saturated rings. The summed E-state index contributed by atoms with van der Waals surface area (Å²) < 4.78 is 19.4. The molecule has 0 aliphatic rings. The lowest BCUT2D eigenvalue weighted by Gasteiger charge is -2.12. The van der Waals surface area contributed by atoms with Crippen LogP contribution in [0.3, 0.4) is 0 Å². The van der Waals surface area contributed by atoms with Crippen LogP contribution < -0.4 is 20.7 Å². The van der Waals surface area contributed by atoms with Crippen LogP contribution in [0, 0.1) is 5.82 Å². The maximum Gasteiger partial charge on any atom is 0.260 e. The van der Waals surface area contributed by atoms with Crippen LogP contribution >= 0.6 is 11.6 Å². The fourth-order valence-electron chi connectivity index (χ4n) is 3.40. The Kier molecular flexibility index (Phi) is 7.41. The molecule has 182 valence electrons. The summed E-state index contributed by atoms with van der Waals surface area (Å²) in [5.74, 6) is -1.09. The first-order valence-corrected chi connectivity index (χ1v) is 11.1. The molecule has 0 unspecified atom stereocenters. The number of hydrogen-bond acceptors (Lipinski definition) is 6. The van der Waals surface area contributed by atoms with Gasteiger partial charge in [-0.2, -0.15) is 0 Å². The molecule has 2 amide bonds. The monoisotopic (exact) mass is 505 g/mol. The van der Waals surface area contributed by atoms with E-state index >= 15 is 0 Å². The van der Waals surface area contributed by atoms with Gasteiger partial charge in [0.2, 0.25) is 11.9 Å². The first kappa shape index (κ1) is 24.6. The SMILES string of the molecule is COc1ccc(F)c(C(=O)Nc2cccc(Nc3nccc(-c4ccc(NC(C)=O)cc4)n3)c2)c1Cl. The molecule has 4 rings (SSSR count). The van der Waals surface area contributed by atoms with Crippen LogP contribution in [0.4, 0.5) is 27.4 Å². The van der Waals surface area contributed by atoms with Crippen LogP contribution in [0.15, 0.2) is 72.9 Å². The van der Waals surface area contributed by atoms with E-state index < -0.39 is 11.7 Å². The Balaban J connectivity index is 1.50. The number of amides is 2. The molecule has 0 aliphatic carbocycles. The standard InChI is InChI=1S/C26H21ClFN5O3/c1-15(34)30-17-8-6-16(7-9-17)21-12-13-29-26(33-21)32-19-5-3-4-18(14-19)31-25(35)23-20(28)10-11-22(36-2)24(23)27/h3-14H,1-2H3,(H,30,34)(H,31,35)(H,29,32,33). The quantitative estimate of drug-likeness (QED) is 0.289. The molecule has 0 saturated heterocycles. The van der Waals surface area contributed by atoms with E-state index in [0.717, 1.165) is 11.6 Å². The van der Waals surface area contributed by atoms with E-state index in [0.29, 0.717) is 28.7 Å². The number of anilines is 4. The number of benzene rings is 3. The topological polar surface area (TPSA) is 105 Å². The van der Waals surface area contributed by atoms with Crippen molar-refractivity contribution in [3.05, 3.63) is 89.3 Å². The number of nitrogens with zero attached hydrogens (tertiary/aromatic N) is 2. The van der Waals surface area contributed by atoms with Crippen LogP contribution in [-0.2, 0) is 4.79 Å². The highest BCUT2D eigenvalue weighted by atomic mass is 35.5. The number of rotatable bonds is 7. The first-order chi connectivity index (χ1) is 17.3. The number of aromatic nitrogens is 2. The lowest BCUT2D eigenvalue weighted by atomic mass is 10.1. The molecule has 0 radical (unpaired) electrons. The van der Waals surface area contributed by atoms with Crippen LogP contribution in [0.5, 0.6) is 5.75 Å². The molecule has 4 aromatic rings. The van der Waals surface area contributed by atoms with Crippen molar-refractivity contribution < 1.29 is 18.7 Å². The van der Waals surface area contributed by atoms with Gasteiger partial charge in [-0.15, -0.1) is 0 Å². The second-order valence-corrected chi connectivity index (χ2v) is 8.00. The molecule has 0 atom stereocenters. The van der Waals surface area contributed by atoms with Gasteiger partial charge < -0.3 is 20.7 Å². The zero-order valence-electron chi connectivity index (χ0n) is 19.3. The highest BCUT2D eigenvalue weighted by molar-refractivity contribution is 6.35. The maximum absolute atomic E-state index is 14.3. The molecule has 0 saturated carbocycles. The zero-order valence-corrected chi connectivity index (χ0v) is 20.1. The summed E-state index contributed by atoms with van der Waals surface area (Å²) in [5.41, 5.74) is 2.90. The Labute approximate surface area is 211 Å². The van der Waals surface area contributed by atoms with Crippen molar-refractivity contribution in [1.29, 1.82) is 0 Å². The highest BCUT2D eigenvalue weighted by Gasteiger charge is 2.20. The van der Waals surface area contributed by atoms with Crippen LogP contribution in [0.25, 0.3) is 11.3 Å². The smallest absolute Gasteiger partial charge is 0.260 e. The number of hydrogen-bond donors (Lipinski definition) is 3. The van der Waals surface area contributed by atoms with Crippen molar-refractivity contribution in [2.24, 2.45) is 0 Å². The van der Waals surface area contributed by atoms with Gasteiger partial charge in [0.15, 0.2) is 0 Å². The molecule has 1 heterocycles. The minimum Gasteiger partial charge on any atom is -0.495 e. The second kappa shape index (κ2) is 10.8. The van der Waals surface area contributed by atoms with Crippen molar-refractivity contribution in [2.45, 2.75) is 6.92 Å². The predicted molar refractivity (Wildman–Crippen MR) is 137 cm³/mol. The summed E-state index contributed by atoms with van der Waals surface area (Å²) in [5, 5.41) is 8.35. The zero-order chi connectivity index (χ0) is 25.7. The summed E-state index contributed by atoms with van der Waals surface area (Å²) in [6.07, 6.45) is 1.62. The van der Waals surface area contributed by atoms with Crippen LogP contribution in [0.2, 0.25) is 5.02 Å². The Bertz CT molecular complexity index is 1430. The Morgan fingerprint density at radius 2 is 1.69 bits per heavy atom. The van der Waals surface area contributed by atoms with Crippen molar-refractivity contribution in [3.63, 3.8) is 0 Å². The molecule has 0 aliphatic heterocycles. The van der Waals surface area contributed by atoms with Crippen molar-refractivity contribution >= 4 is 46.4 Å². The van der Waals surface area contributed by atoms with E-state index in [4.69, 9.17) is 16.3 Å². The van der Waals surface area contributed by atoms with Gasteiger partial charge in [-0.25, -0.2) is 14.4 Å². The minimum atomic E-state index is -0.761. The van der Waals surface area contributed by atoms with Crippen molar-refractivity contribution in [1.82, 2.24) is 9.97 Å². The first-order valence-electron chi connectivity index (χ1n) is 10.8. The van der Waals surface area contributed by atoms with Crippen LogP contribution in [0.1, 0.15) is 17.3 Å². The van der Waals surface area contributed by atoms with Gasteiger partial charge in [0.25, 0.3) is 5.91 Å². The summed E-state index contributed by atoms with van der Waals surface area (Å²) in [6, 6.07) is 18.3. The number of ether oxygens (including phenoxy) is 1. The Hall–Kier alpha value is -4.50. The molecule has 0 bridgehead atoms. The molecular weight excluding hydrogens is 485 g/mol. The highest BCUT2D eigenvalue weighted by Crippen LogP contribution is 2.31. The number of halogens is 2. The summed E-state index contributed by atoms with van der Waals surface area (Å²) in [6.45, 7) is 1.45. The third kappa shape index (κ3) is 5.76. The molecule has 36 heavy (non-hydrogen) atoms. The van der Waals surface area contributed by atoms with E-state index in [1.165, 1.54) is 20.1 Å². The van der Waals surface area contributed by atoms with Gasteiger partial charge in [-0.3, -0.25) is 9.59 Å². The van der Waals surface area contributed by atoms with Crippen molar-refractivity contribution in [3.8, 4) is 17.0 Å². The summed E-state index contributed by atoms with van der Waals surface area (Å²) in [4.78, 5) is 32.7. The fourth-order valence-corrected chi connectivity index (χ4v) is 3.72. The number of carbonyl (C=O) groups excluding carboxylic acids is 2. The second-order valence-electron chi connectivity index (χ2n) is 7.62. The summed E-state index contributed by atoms with van der Waals surface area (Å²) >= 11 is 6.14. The van der Waals surface area contributed by atoms with Gasteiger partial charge >= 0.3 is 0 Å². The van der Waals surface area contributed by atoms with Gasteiger partial charge in [-0.05, 0) is 48.5 Å².